The van der Waals surface area contributed by atoms with Gasteiger partial charge in [-0.3, -0.25) is 10.2 Å². The van der Waals surface area contributed by atoms with Crippen molar-refractivity contribution >= 4 is 21.8 Å². The molecule has 1 aromatic rings. The van der Waals surface area contributed by atoms with E-state index in [0.717, 1.165) is 6.07 Å². The zero-order chi connectivity index (χ0) is 12.1. The number of benzene rings is 1. The molecule has 0 heterocycles. The van der Waals surface area contributed by atoms with Gasteiger partial charge in [0, 0.05) is 4.47 Å². The van der Waals surface area contributed by atoms with Crippen LogP contribution in [-0.2, 0) is 4.79 Å². The van der Waals surface area contributed by atoms with Gasteiger partial charge in [-0.15, -0.1) is 0 Å². The summed E-state index contributed by atoms with van der Waals surface area (Å²) in [5.41, 5.74) is 1.89. The van der Waals surface area contributed by atoms with E-state index in [1.807, 2.05) is 5.43 Å². The second-order valence-electron chi connectivity index (χ2n) is 2.87. The first-order valence-electron chi connectivity index (χ1n) is 4.31. The van der Waals surface area contributed by atoms with Gasteiger partial charge in [0.2, 0.25) is 11.7 Å². The number of carbonyl (C=O) groups is 1. The molecule has 1 rings (SSSR count). The van der Waals surface area contributed by atoms with Gasteiger partial charge in [-0.05, 0) is 12.1 Å². The van der Waals surface area contributed by atoms with Crippen LogP contribution < -0.4 is 16.0 Å². The Morgan fingerprint density at radius 3 is 2.81 bits per heavy atom. The molecule has 0 spiro atoms. The second kappa shape index (κ2) is 5.76. The number of hydrogen-bond acceptors (Lipinski definition) is 3. The third-order valence-corrected chi connectivity index (χ3v) is 2.17. The molecule has 16 heavy (non-hydrogen) atoms. The first-order chi connectivity index (χ1) is 7.54. The quantitative estimate of drug-likeness (QED) is 0.383. The van der Waals surface area contributed by atoms with Crippen molar-refractivity contribution in [3.8, 4) is 5.75 Å². The van der Waals surface area contributed by atoms with Crippen molar-refractivity contribution < 1.29 is 18.3 Å². The largest absolute Gasteiger partial charge is 0.490 e. The van der Waals surface area contributed by atoms with Crippen LogP contribution in [0.25, 0.3) is 0 Å². The highest BCUT2D eigenvalue weighted by molar-refractivity contribution is 9.10. The molecule has 1 aromatic carbocycles. The van der Waals surface area contributed by atoms with E-state index in [2.05, 4.69) is 15.9 Å². The second-order valence-corrected chi connectivity index (χ2v) is 3.78. The molecule has 0 aliphatic carbocycles. The van der Waals surface area contributed by atoms with E-state index in [4.69, 9.17) is 10.6 Å². The molecule has 0 atom stereocenters. The van der Waals surface area contributed by atoms with Crippen LogP contribution in [0.2, 0.25) is 0 Å². The van der Waals surface area contributed by atoms with E-state index in [-0.39, 0.29) is 18.8 Å². The van der Waals surface area contributed by atoms with Gasteiger partial charge in [0.25, 0.3) is 0 Å². The summed E-state index contributed by atoms with van der Waals surface area (Å²) in [6.45, 7) is -0.0875. The third-order valence-electron chi connectivity index (χ3n) is 1.71. The van der Waals surface area contributed by atoms with Crippen molar-refractivity contribution in [3.05, 3.63) is 28.2 Å². The zero-order valence-electron chi connectivity index (χ0n) is 8.10. The summed E-state index contributed by atoms with van der Waals surface area (Å²) in [6.07, 6.45) is -0.0376. The molecule has 4 nitrogen and oxygen atoms in total. The van der Waals surface area contributed by atoms with E-state index >= 15 is 0 Å². The minimum Gasteiger partial charge on any atom is -0.490 e. The highest BCUT2D eigenvalue weighted by Crippen LogP contribution is 2.25. The summed E-state index contributed by atoms with van der Waals surface area (Å²) in [4.78, 5) is 10.7. The summed E-state index contributed by atoms with van der Waals surface area (Å²) < 4.78 is 31.3. The van der Waals surface area contributed by atoms with Crippen molar-refractivity contribution in [1.82, 2.24) is 5.43 Å². The molecule has 0 saturated heterocycles. The lowest BCUT2D eigenvalue weighted by Gasteiger charge is -2.07. The molecule has 0 aromatic heterocycles. The number of nitrogens with two attached hydrogens (primary N) is 1. The smallest absolute Gasteiger partial charge is 0.237 e. The van der Waals surface area contributed by atoms with Crippen molar-refractivity contribution in [3.63, 3.8) is 0 Å². The van der Waals surface area contributed by atoms with Crippen LogP contribution in [0.3, 0.4) is 0 Å². The number of nitrogens with one attached hydrogen (secondary N) is 1. The number of ether oxygens (including phenoxy) is 1. The van der Waals surface area contributed by atoms with Crippen LogP contribution in [0.15, 0.2) is 16.6 Å². The maximum absolute atomic E-state index is 13.1. The Balaban J connectivity index is 2.63. The average molecular weight is 295 g/mol. The average Bonchev–Trinajstić information content (AvgIpc) is 2.24. The Morgan fingerprint density at radius 1 is 1.50 bits per heavy atom. The molecule has 0 fully saturated rings. The molecule has 0 bridgehead atoms. The molecule has 0 unspecified atom stereocenters. The van der Waals surface area contributed by atoms with Gasteiger partial charge >= 0.3 is 0 Å². The monoisotopic (exact) mass is 294 g/mol. The summed E-state index contributed by atoms with van der Waals surface area (Å²) in [5.74, 6) is 2.02. The SMILES string of the molecule is NNC(=O)CCOc1cc(Br)cc(F)c1F. The minimum absolute atomic E-state index is 0.0376. The molecule has 3 N–H and O–H groups in total. The van der Waals surface area contributed by atoms with E-state index in [1.165, 1.54) is 6.07 Å². The van der Waals surface area contributed by atoms with Crippen molar-refractivity contribution in [2.24, 2.45) is 5.84 Å². The Morgan fingerprint density at radius 2 is 2.19 bits per heavy atom. The fourth-order valence-electron chi connectivity index (χ4n) is 0.963. The summed E-state index contributed by atoms with van der Waals surface area (Å²) in [7, 11) is 0. The van der Waals surface area contributed by atoms with Crippen LogP contribution in [0.4, 0.5) is 8.78 Å². The predicted octanol–water partition coefficient (Wildman–Crippen LogP) is 1.49. The van der Waals surface area contributed by atoms with Crippen LogP contribution in [-0.4, -0.2) is 12.5 Å². The summed E-state index contributed by atoms with van der Waals surface area (Å²) in [5, 5.41) is 0. The van der Waals surface area contributed by atoms with E-state index < -0.39 is 17.5 Å². The molecule has 0 radical (unpaired) electrons. The molecule has 1 amide bonds. The van der Waals surface area contributed by atoms with E-state index in [0.29, 0.717) is 4.47 Å². The fraction of sp³-hybridized carbons (Fsp3) is 0.222. The molecular weight excluding hydrogens is 286 g/mol. The lowest BCUT2D eigenvalue weighted by atomic mass is 10.3. The number of amides is 1. The maximum atomic E-state index is 13.1. The fourth-order valence-corrected chi connectivity index (χ4v) is 1.37. The topological polar surface area (TPSA) is 64.3 Å². The molecule has 88 valence electrons. The highest BCUT2D eigenvalue weighted by atomic mass is 79.9. The maximum Gasteiger partial charge on any atom is 0.237 e. The Bertz CT molecular complexity index is 401. The Kier molecular flexibility index (Phi) is 4.63. The van der Waals surface area contributed by atoms with Gasteiger partial charge in [0.05, 0.1) is 13.0 Å². The van der Waals surface area contributed by atoms with Gasteiger partial charge in [0.1, 0.15) is 0 Å². The lowest BCUT2D eigenvalue weighted by Crippen LogP contribution is -2.31. The van der Waals surface area contributed by atoms with Gasteiger partial charge in [-0.25, -0.2) is 10.2 Å². The summed E-state index contributed by atoms with van der Waals surface area (Å²) in [6, 6.07) is 2.26. The number of hydrazine groups is 1. The highest BCUT2D eigenvalue weighted by Gasteiger charge is 2.11. The standard InChI is InChI=1S/C9H9BrF2N2O2/c10-5-3-6(11)9(12)7(4-5)16-2-1-8(15)14-13/h3-4H,1-2,13H2,(H,14,15). The van der Waals surface area contributed by atoms with Crippen LogP contribution in [0.5, 0.6) is 5.75 Å². The number of rotatable bonds is 4. The van der Waals surface area contributed by atoms with Crippen LogP contribution in [0.1, 0.15) is 6.42 Å². The van der Waals surface area contributed by atoms with E-state index in [9.17, 15) is 13.6 Å². The summed E-state index contributed by atoms with van der Waals surface area (Å²) >= 11 is 3.00. The zero-order valence-corrected chi connectivity index (χ0v) is 9.68. The number of hydrogen-bond donors (Lipinski definition) is 2. The molecule has 0 aliphatic heterocycles. The molecule has 0 aliphatic rings. The third kappa shape index (κ3) is 3.42. The van der Waals surface area contributed by atoms with Gasteiger partial charge in [-0.2, -0.15) is 4.39 Å². The van der Waals surface area contributed by atoms with Crippen LogP contribution >= 0.6 is 15.9 Å². The van der Waals surface area contributed by atoms with Crippen LogP contribution in [0, 0.1) is 11.6 Å². The first-order valence-corrected chi connectivity index (χ1v) is 5.10. The van der Waals surface area contributed by atoms with Crippen molar-refractivity contribution in [1.29, 1.82) is 0 Å². The van der Waals surface area contributed by atoms with Gasteiger partial charge in [0.15, 0.2) is 11.6 Å². The van der Waals surface area contributed by atoms with Gasteiger partial charge < -0.3 is 4.74 Å². The lowest BCUT2D eigenvalue weighted by molar-refractivity contribution is -0.121. The van der Waals surface area contributed by atoms with E-state index in [1.54, 1.807) is 0 Å². The molecule has 7 heteroatoms. The van der Waals surface area contributed by atoms with Crippen molar-refractivity contribution in [2.75, 3.05) is 6.61 Å². The number of halogens is 3. The van der Waals surface area contributed by atoms with Gasteiger partial charge in [-0.1, -0.05) is 15.9 Å². The normalized spacial score (nSPS) is 10.0. The molecular formula is C9H9BrF2N2O2. The first kappa shape index (κ1) is 12.9. The minimum atomic E-state index is -1.09. The Hall–Kier alpha value is -1.21. The molecule has 0 saturated carbocycles. The Labute approximate surface area is 98.9 Å². The van der Waals surface area contributed by atoms with Crippen molar-refractivity contribution in [2.45, 2.75) is 6.42 Å². The number of carbonyl (C=O) groups excluding carboxylic acids is 1. The predicted molar refractivity (Wildman–Crippen MR) is 56.5 cm³/mol.